The molecule has 0 saturated carbocycles. The van der Waals surface area contributed by atoms with Gasteiger partial charge >= 0.3 is 5.97 Å². The van der Waals surface area contributed by atoms with Gasteiger partial charge in [-0.05, 0) is 17.5 Å². The predicted octanol–water partition coefficient (Wildman–Crippen LogP) is 0.922. The molecule has 0 spiro atoms. The summed E-state index contributed by atoms with van der Waals surface area (Å²) in [6, 6.07) is 8.36. The minimum Gasteiger partial charge on any atom is -0.468 e. The second kappa shape index (κ2) is 6.56. The van der Waals surface area contributed by atoms with Crippen molar-refractivity contribution in [1.82, 2.24) is 10.2 Å². The van der Waals surface area contributed by atoms with E-state index in [1.165, 1.54) is 18.2 Å². The molecule has 0 radical (unpaired) electrons. The van der Waals surface area contributed by atoms with Crippen LogP contribution >= 0.6 is 0 Å². The lowest BCUT2D eigenvalue weighted by molar-refractivity contribution is -0.143. The van der Waals surface area contributed by atoms with E-state index >= 15 is 0 Å². The monoisotopic (exact) mass is 290 g/mol. The van der Waals surface area contributed by atoms with Gasteiger partial charge in [-0.15, -0.1) is 0 Å². The molecule has 1 N–H and O–H groups in total. The lowest BCUT2D eigenvalue weighted by atomic mass is 10.0. The average Bonchev–Trinajstić information content (AvgIpc) is 3.01. The van der Waals surface area contributed by atoms with Crippen LogP contribution in [0, 0.1) is 0 Å². The van der Waals surface area contributed by atoms with Crippen LogP contribution in [0.1, 0.15) is 17.5 Å². The van der Waals surface area contributed by atoms with Gasteiger partial charge < -0.3 is 14.8 Å². The van der Waals surface area contributed by atoms with Crippen LogP contribution in [0.3, 0.4) is 0 Å². The van der Waals surface area contributed by atoms with Crippen LogP contribution in [-0.4, -0.2) is 49.9 Å². The lowest BCUT2D eigenvalue weighted by Gasteiger charge is -2.29. The quantitative estimate of drug-likeness (QED) is 0.836. The molecular weight excluding hydrogens is 268 g/mol. The number of hydrogen-bond acceptors (Lipinski definition) is 5. The van der Waals surface area contributed by atoms with Crippen molar-refractivity contribution in [3.05, 3.63) is 35.4 Å². The summed E-state index contributed by atoms with van der Waals surface area (Å²) in [5, 5.41) is 3.14. The number of methoxy groups -OCH3 is 1. The lowest BCUT2D eigenvalue weighted by Crippen LogP contribution is -2.34. The Morgan fingerprint density at radius 1 is 1.38 bits per heavy atom. The molecule has 5 heteroatoms. The molecule has 2 heterocycles. The zero-order valence-corrected chi connectivity index (χ0v) is 12.4. The third-order valence-electron chi connectivity index (χ3n) is 4.28. The highest BCUT2D eigenvalue weighted by atomic mass is 16.5. The van der Waals surface area contributed by atoms with Crippen LogP contribution in [0.15, 0.2) is 24.3 Å². The van der Waals surface area contributed by atoms with E-state index in [1.54, 1.807) is 0 Å². The SMILES string of the molecule is COC(=O)[C@@H]1C[C@@H](OCN2CCc3ccccc3C2)CN1. The Balaban J connectivity index is 1.46. The van der Waals surface area contributed by atoms with Crippen molar-refractivity contribution >= 4 is 5.97 Å². The van der Waals surface area contributed by atoms with Crippen molar-refractivity contribution in [3.8, 4) is 0 Å². The van der Waals surface area contributed by atoms with E-state index in [4.69, 9.17) is 9.47 Å². The molecule has 2 aliphatic rings. The van der Waals surface area contributed by atoms with Crippen LogP contribution in [0.2, 0.25) is 0 Å². The maximum Gasteiger partial charge on any atom is 0.322 e. The fourth-order valence-electron chi connectivity index (χ4n) is 3.03. The van der Waals surface area contributed by atoms with Crippen LogP contribution < -0.4 is 5.32 Å². The third kappa shape index (κ3) is 3.43. The number of hydrogen-bond donors (Lipinski definition) is 1. The number of nitrogens with one attached hydrogen (secondary N) is 1. The normalized spacial score (nSPS) is 25.6. The molecule has 21 heavy (non-hydrogen) atoms. The van der Waals surface area contributed by atoms with Crippen LogP contribution in [-0.2, 0) is 27.2 Å². The van der Waals surface area contributed by atoms with E-state index in [2.05, 4.69) is 34.5 Å². The minimum atomic E-state index is -0.220. The van der Waals surface area contributed by atoms with Crippen molar-refractivity contribution in [3.63, 3.8) is 0 Å². The van der Waals surface area contributed by atoms with Gasteiger partial charge in [-0.3, -0.25) is 9.69 Å². The first-order valence-electron chi connectivity index (χ1n) is 7.48. The van der Waals surface area contributed by atoms with Gasteiger partial charge in [0.25, 0.3) is 0 Å². The highest BCUT2D eigenvalue weighted by molar-refractivity contribution is 5.76. The molecule has 2 aliphatic heterocycles. The molecule has 1 fully saturated rings. The number of fused-ring (bicyclic) bond motifs is 1. The molecule has 1 aromatic rings. The Morgan fingerprint density at radius 2 is 2.19 bits per heavy atom. The highest BCUT2D eigenvalue weighted by Gasteiger charge is 2.31. The van der Waals surface area contributed by atoms with Crippen molar-refractivity contribution in [1.29, 1.82) is 0 Å². The highest BCUT2D eigenvalue weighted by Crippen LogP contribution is 2.19. The smallest absolute Gasteiger partial charge is 0.322 e. The molecule has 0 aromatic heterocycles. The topological polar surface area (TPSA) is 50.8 Å². The van der Waals surface area contributed by atoms with E-state index in [9.17, 15) is 4.79 Å². The molecule has 0 aliphatic carbocycles. The third-order valence-corrected chi connectivity index (χ3v) is 4.28. The van der Waals surface area contributed by atoms with Gasteiger partial charge in [-0.1, -0.05) is 24.3 Å². The van der Waals surface area contributed by atoms with Gasteiger partial charge in [0.05, 0.1) is 19.9 Å². The molecule has 114 valence electrons. The molecule has 5 nitrogen and oxygen atoms in total. The van der Waals surface area contributed by atoms with Crippen molar-refractivity contribution in [2.24, 2.45) is 0 Å². The largest absolute Gasteiger partial charge is 0.468 e. The van der Waals surface area contributed by atoms with E-state index in [-0.39, 0.29) is 18.1 Å². The molecule has 3 rings (SSSR count). The van der Waals surface area contributed by atoms with Crippen molar-refractivity contribution < 1.29 is 14.3 Å². The standard InChI is InChI=1S/C16H22N2O3/c1-20-16(19)15-8-14(9-17-15)21-11-18-7-6-12-4-2-3-5-13(12)10-18/h2-5,14-15,17H,6-11H2,1H3/t14-,15+/m1/s1. The number of esters is 1. The molecule has 2 atom stereocenters. The summed E-state index contributed by atoms with van der Waals surface area (Å²) in [5.74, 6) is -0.201. The van der Waals surface area contributed by atoms with Crippen LogP contribution in [0.4, 0.5) is 0 Å². The van der Waals surface area contributed by atoms with Gasteiger partial charge in [-0.2, -0.15) is 0 Å². The van der Waals surface area contributed by atoms with Crippen molar-refractivity contribution in [2.45, 2.75) is 31.5 Å². The van der Waals surface area contributed by atoms with Crippen molar-refractivity contribution in [2.75, 3.05) is 26.9 Å². The van der Waals surface area contributed by atoms with Gasteiger partial charge in [0.2, 0.25) is 0 Å². The number of benzene rings is 1. The first kappa shape index (κ1) is 14.5. The summed E-state index contributed by atoms with van der Waals surface area (Å²) < 4.78 is 10.7. The summed E-state index contributed by atoms with van der Waals surface area (Å²) in [7, 11) is 1.42. The first-order chi connectivity index (χ1) is 10.3. The number of carbonyl (C=O) groups excluding carboxylic acids is 1. The Bertz CT molecular complexity index is 506. The van der Waals surface area contributed by atoms with Gasteiger partial charge in [0.1, 0.15) is 6.04 Å². The van der Waals surface area contributed by atoms with Crippen LogP contribution in [0.25, 0.3) is 0 Å². The zero-order chi connectivity index (χ0) is 14.7. The van der Waals surface area contributed by atoms with Gasteiger partial charge in [0.15, 0.2) is 0 Å². The van der Waals surface area contributed by atoms with E-state index in [0.29, 0.717) is 19.7 Å². The number of rotatable bonds is 4. The van der Waals surface area contributed by atoms with Crippen LogP contribution in [0.5, 0.6) is 0 Å². The fourth-order valence-corrected chi connectivity index (χ4v) is 3.03. The van der Waals surface area contributed by atoms with Gasteiger partial charge in [0, 0.05) is 26.1 Å². The summed E-state index contributed by atoms with van der Waals surface area (Å²) in [6.07, 6.45) is 1.86. The predicted molar refractivity (Wildman–Crippen MR) is 78.7 cm³/mol. The molecule has 0 amide bonds. The Labute approximate surface area is 125 Å². The first-order valence-corrected chi connectivity index (χ1v) is 7.48. The molecule has 0 bridgehead atoms. The fraction of sp³-hybridized carbons (Fsp3) is 0.562. The second-order valence-corrected chi connectivity index (χ2v) is 5.71. The zero-order valence-electron chi connectivity index (χ0n) is 12.4. The van der Waals surface area contributed by atoms with E-state index in [1.807, 2.05) is 0 Å². The molecule has 1 saturated heterocycles. The molecule has 0 unspecified atom stereocenters. The van der Waals surface area contributed by atoms with E-state index in [0.717, 1.165) is 19.5 Å². The Kier molecular flexibility index (Phi) is 4.53. The van der Waals surface area contributed by atoms with Gasteiger partial charge in [-0.25, -0.2) is 0 Å². The summed E-state index contributed by atoms with van der Waals surface area (Å²) in [6.45, 7) is 3.30. The number of nitrogens with zero attached hydrogens (tertiary/aromatic N) is 1. The Morgan fingerprint density at radius 3 is 3.00 bits per heavy atom. The molecular formula is C16H22N2O3. The van der Waals surface area contributed by atoms with E-state index < -0.39 is 0 Å². The Hall–Kier alpha value is -1.43. The number of ether oxygens (including phenoxy) is 2. The summed E-state index contributed by atoms with van der Waals surface area (Å²) >= 11 is 0. The summed E-state index contributed by atoms with van der Waals surface area (Å²) in [5.41, 5.74) is 2.84. The maximum atomic E-state index is 11.5. The maximum absolute atomic E-state index is 11.5. The number of carbonyl (C=O) groups is 1. The average molecular weight is 290 g/mol. The minimum absolute atomic E-state index is 0.0891. The second-order valence-electron chi connectivity index (χ2n) is 5.71. The molecule has 1 aromatic carbocycles. The summed E-state index contributed by atoms with van der Waals surface area (Å²) in [4.78, 5) is 13.8.